The van der Waals surface area contributed by atoms with Gasteiger partial charge in [-0.15, -0.1) is 0 Å². The van der Waals surface area contributed by atoms with Crippen LogP contribution in [0.2, 0.25) is 0 Å². The Kier molecular flexibility index (Phi) is 4.79. The van der Waals surface area contributed by atoms with Gasteiger partial charge in [-0.1, -0.05) is 0 Å². The van der Waals surface area contributed by atoms with E-state index in [-0.39, 0.29) is 10.6 Å². The lowest BCUT2D eigenvalue weighted by molar-refractivity contribution is -0.384. The van der Waals surface area contributed by atoms with Crippen LogP contribution in [-0.2, 0) is 0 Å². The number of likely N-dealkylation sites (tertiary alicyclic amines) is 1. The van der Waals surface area contributed by atoms with Gasteiger partial charge in [0.15, 0.2) is 0 Å². The van der Waals surface area contributed by atoms with Gasteiger partial charge in [0.05, 0.1) is 17.7 Å². The van der Waals surface area contributed by atoms with Crippen molar-refractivity contribution in [2.75, 3.05) is 32.6 Å². The molecule has 6 nitrogen and oxygen atoms in total. The predicted molar refractivity (Wildman–Crippen MR) is 78.4 cm³/mol. The number of rotatable bonds is 4. The number of non-ortho nitro benzene ring substituents is 1. The van der Waals surface area contributed by atoms with Crippen LogP contribution in [0.3, 0.4) is 0 Å². The molecule has 1 aliphatic heterocycles. The molecule has 1 unspecified atom stereocenters. The Bertz CT molecular complexity index is 479. The maximum absolute atomic E-state index is 10.9. The van der Waals surface area contributed by atoms with E-state index in [1.165, 1.54) is 6.07 Å². The van der Waals surface area contributed by atoms with E-state index in [9.17, 15) is 10.1 Å². The van der Waals surface area contributed by atoms with Gasteiger partial charge >= 0.3 is 0 Å². The summed E-state index contributed by atoms with van der Waals surface area (Å²) in [4.78, 5) is 12.8. The maximum atomic E-state index is 10.9. The summed E-state index contributed by atoms with van der Waals surface area (Å²) in [7, 11) is 3.70. The molecule has 0 saturated carbocycles. The van der Waals surface area contributed by atoms with Crippen molar-refractivity contribution < 1.29 is 9.66 Å². The highest BCUT2D eigenvalue weighted by molar-refractivity contribution is 5.62. The molecular formula is C14H21N3O3. The first-order chi connectivity index (χ1) is 9.60. The number of anilines is 1. The van der Waals surface area contributed by atoms with Crippen LogP contribution in [0.4, 0.5) is 11.4 Å². The van der Waals surface area contributed by atoms with E-state index >= 15 is 0 Å². The highest BCUT2D eigenvalue weighted by atomic mass is 16.6. The molecule has 0 aromatic heterocycles. The Hall–Kier alpha value is -1.82. The molecule has 0 radical (unpaired) electrons. The van der Waals surface area contributed by atoms with E-state index < -0.39 is 0 Å². The van der Waals surface area contributed by atoms with E-state index in [4.69, 9.17) is 4.74 Å². The number of nitro benzene ring substituents is 1. The molecule has 1 N–H and O–H groups in total. The minimum atomic E-state index is -0.383. The molecule has 2 rings (SSSR count). The van der Waals surface area contributed by atoms with Gasteiger partial charge in [-0.25, -0.2) is 0 Å². The zero-order chi connectivity index (χ0) is 14.5. The summed E-state index contributed by atoms with van der Waals surface area (Å²) in [6.07, 6.45) is 3.23. The summed E-state index contributed by atoms with van der Waals surface area (Å²) in [5, 5.41) is 14.3. The lowest BCUT2D eigenvalue weighted by Crippen LogP contribution is -2.23. The number of ether oxygens (including phenoxy) is 1. The van der Waals surface area contributed by atoms with E-state index in [1.807, 2.05) is 0 Å². The third-order valence-corrected chi connectivity index (χ3v) is 3.71. The van der Waals surface area contributed by atoms with Crippen molar-refractivity contribution in [1.82, 2.24) is 4.90 Å². The third-order valence-electron chi connectivity index (χ3n) is 3.71. The van der Waals surface area contributed by atoms with Gasteiger partial charge in [0.25, 0.3) is 5.69 Å². The Morgan fingerprint density at radius 1 is 1.40 bits per heavy atom. The molecule has 1 atom stereocenters. The summed E-state index contributed by atoms with van der Waals surface area (Å²) in [5.41, 5.74) is 0.787. The number of hydrogen-bond acceptors (Lipinski definition) is 5. The topological polar surface area (TPSA) is 67.6 Å². The summed E-state index contributed by atoms with van der Waals surface area (Å²) < 4.78 is 5.28. The van der Waals surface area contributed by atoms with Crippen molar-refractivity contribution >= 4 is 11.4 Å². The van der Waals surface area contributed by atoms with Crippen molar-refractivity contribution in [3.63, 3.8) is 0 Å². The third kappa shape index (κ3) is 3.60. The van der Waals surface area contributed by atoms with E-state index in [0.29, 0.717) is 17.5 Å². The Balaban J connectivity index is 2.14. The van der Waals surface area contributed by atoms with Crippen LogP contribution < -0.4 is 10.1 Å². The normalized spacial score (nSPS) is 20.2. The second-order valence-corrected chi connectivity index (χ2v) is 5.22. The molecule has 1 aliphatic rings. The molecule has 0 spiro atoms. The molecule has 1 aromatic rings. The molecule has 20 heavy (non-hydrogen) atoms. The van der Waals surface area contributed by atoms with Crippen LogP contribution in [-0.4, -0.2) is 43.1 Å². The summed E-state index contributed by atoms with van der Waals surface area (Å²) in [6, 6.07) is 4.98. The molecule has 0 bridgehead atoms. The standard InChI is InChI=1S/C14H21N3O3/c1-16-8-3-4-11(7-9-16)15-13-10-12(17(18)19)5-6-14(13)20-2/h5-6,10-11,15H,3-4,7-9H2,1-2H3. The van der Waals surface area contributed by atoms with Crippen molar-refractivity contribution in [2.45, 2.75) is 25.3 Å². The average Bonchev–Trinajstić information content (AvgIpc) is 2.63. The number of nitrogens with zero attached hydrogens (tertiary/aromatic N) is 2. The van der Waals surface area contributed by atoms with E-state index in [1.54, 1.807) is 19.2 Å². The van der Waals surface area contributed by atoms with Crippen molar-refractivity contribution in [3.8, 4) is 5.75 Å². The molecule has 0 aliphatic carbocycles. The zero-order valence-corrected chi connectivity index (χ0v) is 12.0. The first kappa shape index (κ1) is 14.6. The molecule has 6 heteroatoms. The van der Waals surface area contributed by atoms with Crippen molar-refractivity contribution in [2.24, 2.45) is 0 Å². The molecule has 1 saturated heterocycles. The first-order valence-corrected chi connectivity index (χ1v) is 6.87. The second-order valence-electron chi connectivity index (χ2n) is 5.22. The monoisotopic (exact) mass is 279 g/mol. The summed E-state index contributed by atoms with van der Waals surface area (Å²) in [6.45, 7) is 2.14. The van der Waals surface area contributed by atoms with Gasteiger partial charge in [0.1, 0.15) is 5.75 Å². The lowest BCUT2D eigenvalue weighted by Gasteiger charge is -2.19. The average molecular weight is 279 g/mol. The molecule has 1 aromatic carbocycles. The van der Waals surface area contributed by atoms with Gasteiger partial charge in [-0.3, -0.25) is 10.1 Å². The van der Waals surface area contributed by atoms with Crippen LogP contribution in [0.1, 0.15) is 19.3 Å². The zero-order valence-electron chi connectivity index (χ0n) is 12.0. The van der Waals surface area contributed by atoms with Gasteiger partial charge in [0.2, 0.25) is 0 Å². The van der Waals surface area contributed by atoms with Gasteiger partial charge in [-0.2, -0.15) is 0 Å². The highest BCUT2D eigenvalue weighted by Crippen LogP contribution is 2.30. The number of nitro groups is 1. The van der Waals surface area contributed by atoms with Crippen molar-refractivity contribution in [1.29, 1.82) is 0 Å². The fourth-order valence-electron chi connectivity index (χ4n) is 2.53. The van der Waals surface area contributed by atoms with Crippen LogP contribution in [0.25, 0.3) is 0 Å². The number of nitrogens with one attached hydrogen (secondary N) is 1. The fraction of sp³-hybridized carbons (Fsp3) is 0.571. The maximum Gasteiger partial charge on any atom is 0.271 e. The second kappa shape index (κ2) is 6.56. The number of methoxy groups -OCH3 is 1. The van der Waals surface area contributed by atoms with Gasteiger partial charge in [-0.05, 0) is 45.5 Å². The Labute approximate surface area is 118 Å². The molecule has 110 valence electrons. The lowest BCUT2D eigenvalue weighted by atomic mass is 10.1. The van der Waals surface area contributed by atoms with Gasteiger partial charge < -0.3 is 15.0 Å². The Morgan fingerprint density at radius 3 is 2.90 bits per heavy atom. The minimum Gasteiger partial charge on any atom is -0.495 e. The summed E-state index contributed by atoms with van der Waals surface area (Å²) in [5.74, 6) is 0.646. The van der Waals surface area contributed by atoms with Crippen LogP contribution >= 0.6 is 0 Å². The molecule has 0 amide bonds. The van der Waals surface area contributed by atoms with E-state index in [0.717, 1.165) is 32.4 Å². The van der Waals surface area contributed by atoms with E-state index in [2.05, 4.69) is 17.3 Å². The number of hydrogen-bond donors (Lipinski definition) is 1. The molecule has 1 fully saturated rings. The quantitative estimate of drug-likeness (QED) is 0.677. The Morgan fingerprint density at radius 2 is 2.20 bits per heavy atom. The smallest absolute Gasteiger partial charge is 0.271 e. The number of benzene rings is 1. The molecular weight excluding hydrogens is 258 g/mol. The van der Waals surface area contributed by atoms with Crippen molar-refractivity contribution in [3.05, 3.63) is 28.3 Å². The first-order valence-electron chi connectivity index (χ1n) is 6.87. The molecule has 1 heterocycles. The highest BCUT2D eigenvalue weighted by Gasteiger charge is 2.18. The predicted octanol–water partition coefficient (Wildman–Crippen LogP) is 2.50. The summed E-state index contributed by atoms with van der Waals surface area (Å²) >= 11 is 0. The van der Waals surface area contributed by atoms with Crippen LogP contribution in [0.5, 0.6) is 5.75 Å². The fourth-order valence-corrected chi connectivity index (χ4v) is 2.53. The van der Waals surface area contributed by atoms with Crippen LogP contribution in [0.15, 0.2) is 18.2 Å². The minimum absolute atomic E-state index is 0.0824. The van der Waals surface area contributed by atoms with Gasteiger partial charge in [0, 0.05) is 18.2 Å². The SMILES string of the molecule is COc1ccc([N+](=O)[O-])cc1NC1CCCN(C)CC1. The largest absolute Gasteiger partial charge is 0.495 e. The van der Waals surface area contributed by atoms with Crippen LogP contribution in [0, 0.1) is 10.1 Å².